The zero-order valence-corrected chi connectivity index (χ0v) is 13.9. The quantitative estimate of drug-likeness (QED) is 0.832. The summed E-state index contributed by atoms with van der Waals surface area (Å²) in [5.74, 6) is -1.25. The summed E-state index contributed by atoms with van der Waals surface area (Å²) >= 11 is 1.36. The topological polar surface area (TPSA) is 110 Å². The molecule has 2 aromatic rings. The number of thiazole rings is 1. The summed E-state index contributed by atoms with van der Waals surface area (Å²) < 4.78 is 32.2. The van der Waals surface area contributed by atoms with Crippen LogP contribution in [0.1, 0.15) is 41.3 Å². The highest BCUT2D eigenvalue weighted by atomic mass is 32.2. The van der Waals surface area contributed by atoms with Crippen LogP contribution in [0, 0.1) is 6.92 Å². The Bertz CT molecular complexity index is 793. The fourth-order valence-electron chi connectivity index (χ4n) is 1.79. The van der Waals surface area contributed by atoms with E-state index in [4.69, 9.17) is 9.52 Å². The highest BCUT2D eigenvalue weighted by molar-refractivity contribution is 7.89. The summed E-state index contributed by atoms with van der Waals surface area (Å²) in [6.45, 7) is 5.39. The van der Waals surface area contributed by atoms with Crippen molar-refractivity contribution in [1.29, 1.82) is 0 Å². The molecule has 22 heavy (non-hydrogen) atoms. The third kappa shape index (κ3) is 3.21. The maximum absolute atomic E-state index is 12.4. The molecule has 0 aliphatic carbocycles. The summed E-state index contributed by atoms with van der Waals surface area (Å²) in [6, 6.07) is 0.980. The van der Waals surface area contributed by atoms with Crippen molar-refractivity contribution < 1.29 is 22.7 Å². The molecule has 0 spiro atoms. The minimum Gasteiger partial charge on any atom is -0.478 e. The number of carbonyl (C=O) groups is 1. The molecule has 0 aliphatic rings. The van der Waals surface area contributed by atoms with E-state index in [-0.39, 0.29) is 5.56 Å². The van der Waals surface area contributed by atoms with Gasteiger partial charge in [-0.05, 0) is 20.3 Å². The molecule has 2 aromatic heterocycles. The van der Waals surface area contributed by atoms with Gasteiger partial charge in [0.05, 0.1) is 11.1 Å². The second-order valence-electron chi connectivity index (χ2n) is 5.04. The fraction of sp³-hybridized carbons (Fsp3) is 0.385. The Labute approximate surface area is 132 Å². The Hall–Kier alpha value is -1.71. The maximum Gasteiger partial charge on any atom is 0.339 e. The van der Waals surface area contributed by atoms with Crippen molar-refractivity contribution in [3.8, 4) is 0 Å². The van der Waals surface area contributed by atoms with Gasteiger partial charge in [0, 0.05) is 17.1 Å². The number of aromatic nitrogens is 1. The van der Waals surface area contributed by atoms with Crippen molar-refractivity contribution in [3.05, 3.63) is 34.0 Å². The van der Waals surface area contributed by atoms with E-state index in [2.05, 4.69) is 9.71 Å². The predicted molar refractivity (Wildman–Crippen MR) is 80.5 cm³/mol. The second kappa shape index (κ2) is 5.82. The largest absolute Gasteiger partial charge is 0.478 e. The van der Waals surface area contributed by atoms with Gasteiger partial charge >= 0.3 is 5.97 Å². The van der Waals surface area contributed by atoms with Crippen LogP contribution in [0.2, 0.25) is 0 Å². The zero-order chi connectivity index (χ0) is 16.5. The molecule has 0 saturated heterocycles. The number of nitrogens with zero attached hydrogens (tertiary/aromatic N) is 1. The van der Waals surface area contributed by atoms with Crippen LogP contribution in [-0.4, -0.2) is 24.5 Å². The van der Waals surface area contributed by atoms with E-state index in [1.807, 2.05) is 19.2 Å². The van der Waals surface area contributed by atoms with E-state index < -0.39 is 26.6 Å². The molecule has 120 valence electrons. The van der Waals surface area contributed by atoms with Gasteiger partial charge in [-0.3, -0.25) is 0 Å². The number of rotatable bonds is 6. The minimum absolute atomic E-state index is 0.219. The number of sulfonamides is 1. The first-order valence-electron chi connectivity index (χ1n) is 6.46. The van der Waals surface area contributed by atoms with Crippen LogP contribution in [0.25, 0.3) is 0 Å². The first-order chi connectivity index (χ1) is 10.2. The number of furan rings is 1. The van der Waals surface area contributed by atoms with Gasteiger partial charge in [0.15, 0.2) is 0 Å². The van der Waals surface area contributed by atoms with E-state index >= 15 is 0 Å². The molecule has 0 amide bonds. The van der Waals surface area contributed by atoms with Crippen LogP contribution in [0.4, 0.5) is 0 Å². The van der Waals surface area contributed by atoms with Crippen LogP contribution >= 0.6 is 11.3 Å². The number of aromatic carboxylic acids is 1. The molecule has 1 atom stereocenters. The van der Waals surface area contributed by atoms with Crippen molar-refractivity contribution >= 4 is 27.3 Å². The van der Waals surface area contributed by atoms with Gasteiger partial charge < -0.3 is 9.52 Å². The lowest BCUT2D eigenvalue weighted by atomic mass is 10.0. The van der Waals surface area contributed by atoms with Crippen molar-refractivity contribution in [2.24, 2.45) is 0 Å². The molecule has 0 saturated carbocycles. The summed E-state index contributed by atoms with van der Waals surface area (Å²) in [4.78, 5) is 15.2. The molecule has 0 bridgehead atoms. The lowest BCUT2D eigenvalue weighted by Gasteiger charge is -2.26. The number of nitrogens with one attached hydrogen (secondary N) is 1. The smallest absolute Gasteiger partial charge is 0.339 e. The summed E-state index contributed by atoms with van der Waals surface area (Å²) in [7, 11) is -3.99. The van der Waals surface area contributed by atoms with E-state index in [0.717, 1.165) is 18.0 Å². The number of carboxylic acid groups (broad SMARTS) is 1. The first kappa shape index (κ1) is 16.7. The van der Waals surface area contributed by atoms with Gasteiger partial charge in [0.2, 0.25) is 5.09 Å². The molecule has 9 heteroatoms. The standard InChI is InChI=1S/C13H16N2O5S2/c1-4-13(3,12-14-8(2)7-21-12)15-22(18,19)10-5-9(6-20-10)11(16)17/h5-7,15H,4H2,1-3H3,(H,16,17). The lowest BCUT2D eigenvalue weighted by Crippen LogP contribution is -2.42. The monoisotopic (exact) mass is 344 g/mol. The molecular formula is C13H16N2O5S2. The van der Waals surface area contributed by atoms with Gasteiger partial charge in [-0.15, -0.1) is 11.3 Å². The molecule has 0 fully saturated rings. The Kier molecular flexibility index (Phi) is 4.41. The molecular weight excluding hydrogens is 328 g/mol. The Morgan fingerprint density at radius 1 is 1.55 bits per heavy atom. The Morgan fingerprint density at radius 3 is 2.68 bits per heavy atom. The average Bonchev–Trinajstić information content (AvgIpc) is 3.07. The maximum atomic E-state index is 12.4. The van der Waals surface area contributed by atoms with Gasteiger partial charge in [0.25, 0.3) is 10.0 Å². The van der Waals surface area contributed by atoms with Crippen LogP contribution < -0.4 is 4.72 Å². The molecule has 1 unspecified atom stereocenters. The molecule has 0 radical (unpaired) electrons. The van der Waals surface area contributed by atoms with Gasteiger partial charge in [-0.1, -0.05) is 6.92 Å². The normalized spacial score (nSPS) is 14.7. The lowest BCUT2D eigenvalue weighted by molar-refractivity contribution is 0.0696. The highest BCUT2D eigenvalue weighted by Gasteiger charge is 2.35. The molecule has 2 heterocycles. The van der Waals surface area contributed by atoms with Crippen LogP contribution in [0.3, 0.4) is 0 Å². The summed E-state index contributed by atoms with van der Waals surface area (Å²) in [6.07, 6.45) is 1.37. The summed E-state index contributed by atoms with van der Waals surface area (Å²) in [5.41, 5.74) is -0.304. The number of aryl methyl sites for hydroxylation is 1. The average molecular weight is 344 g/mol. The van der Waals surface area contributed by atoms with E-state index in [9.17, 15) is 13.2 Å². The van der Waals surface area contributed by atoms with E-state index in [1.165, 1.54) is 11.3 Å². The first-order valence-corrected chi connectivity index (χ1v) is 8.82. The number of hydrogen-bond acceptors (Lipinski definition) is 6. The molecule has 0 aromatic carbocycles. The predicted octanol–water partition coefficient (Wildman–Crippen LogP) is 2.35. The molecule has 0 aliphatic heterocycles. The van der Waals surface area contributed by atoms with Crippen molar-refractivity contribution in [1.82, 2.24) is 9.71 Å². The van der Waals surface area contributed by atoms with Gasteiger partial charge in [-0.25, -0.2) is 18.2 Å². The third-order valence-electron chi connectivity index (χ3n) is 3.24. The SMILES string of the molecule is CCC(C)(NS(=O)(=O)c1cc(C(=O)O)co1)c1nc(C)cs1. The third-order valence-corrected chi connectivity index (χ3v) is 5.93. The molecule has 2 N–H and O–H groups in total. The van der Waals surface area contributed by atoms with Crippen molar-refractivity contribution in [3.63, 3.8) is 0 Å². The van der Waals surface area contributed by atoms with Crippen LogP contribution in [0.5, 0.6) is 0 Å². The summed E-state index contributed by atoms with van der Waals surface area (Å²) in [5, 5.41) is 10.9. The van der Waals surface area contributed by atoms with Crippen LogP contribution in [0.15, 0.2) is 27.2 Å². The Morgan fingerprint density at radius 2 is 2.23 bits per heavy atom. The van der Waals surface area contributed by atoms with E-state index in [0.29, 0.717) is 11.4 Å². The number of carboxylic acids is 1. The van der Waals surface area contributed by atoms with Crippen molar-refractivity contribution in [2.75, 3.05) is 0 Å². The number of hydrogen-bond donors (Lipinski definition) is 2. The molecule has 7 nitrogen and oxygen atoms in total. The van der Waals surface area contributed by atoms with Crippen LogP contribution in [-0.2, 0) is 15.6 Å². The minimum atomic E-state index is -3.99. The fourth-order valence-corrected chi connectivity index (χ4v) is 4.23. The Balaban J connectivity index is 2.34. The van der Waals surface area contributed by atoms with E-state index in [1.54, 1.807) is 6.92 Å². The highest BCUT2D eigenvalue weighted by Crippen LogP contribution is 2.29. The van der Waals surface area contributed by atoms with Gasteiger partial charge in [0.1, 0.15) is 11.3 Å². The molecule has 2 rings (SSSR count). The van der Waals surface area contributed by atoms with Gasteiger partial charge in [-0.2, -0.15) is 4.72 Å². The second-order valence-corrected chi connectivity index (χ2v) is 7.52. The zero-order valence-electron chi connectivity index (χ0n) is 12.3. The van der Waals surface area contributed by atoms with Crippen molar-refractivity contribution in [2.45, 2.75) is 37.8 Å².